The van der Waals surface area contributed by atoms with Gasteiger partial charge in [0.25, 0.3) is 0 Å². The van der Waals surface area contributed by atoms with Gasteiger partial charge in [-0.25, -0.2) is 0 Å². The first-order valence-electron chi connectivity index (χ1n) is 6.32. The molecule has 1 aliphatic rings. The van der Waals surface area contributed by atoms with Crippen LogP contribution in [0.3, 0.4) is 0 Å². The van der Waals surface area contributed by atoms with E-state index in [0.29, 0.717) is 12.1 Å². The lowest BCUT2D eigenvalue weighted by Gasteiger charge is -2.13. The van der Waals surface area contributed by atoms with E-state index in [0.717, 1.165) is 13.1 Å². The SMILES string of the molecule is CC(C)NCCCC1NCc2ccccc21. The fourth-order valence-corrected chi connectivity index (χ4v) is 2.33. The van der Waals surface area contributed by atoms with Crippen LogP contribution >= 0.6 is 0 Å². The van der Waals surface area contributed by atoms with Crippen molar-refractivity contribution in [3.63, 3.8) is 0 Å². The van der Waals surface area contributed by atoms with Crippen LogP contribution in [-0.2, 0) is 6.54 Å². The Bertz CT molecular complexity index is 333. The number of fused-ring (bicyclic) bond motifs is 1. The van der Waals surface area contributed by atoms with Crippen molar-refractivity contribution in [1.82, 2.24) is 10.6 Å². The molecule has 2 nitrogen and oxygen atoms in total. The van der Waals surface area contributed by atoms with Gasteiger partial charge in [0.15, 0.2) is 0 Å². The summed E-state index contributed by atoms with van der Waals surface area (Å²) in [5, 5.41) is 7.05. The van der Waals surface area contributed by atoms with Crippen LogP contribution in [0.1, 0.15) is 43.9 Å². The van der Waals surface area contributed by atoms with Gasteiger partial charge < -0.3 is 10.6 Å². The van der Waals surface area contributed by atoms with Gasteiger partial charge in [-0.15, -0.1) is 0 Å². The molecule has 1 unspecified atom stereocenters. The quantitative estimate of drug-likeness (QED) is 0.742. The molecular formula is C14H22N2. The van der Waals surface area contributed by atoms with Crippen LogP contribution in [0.5, 0.6) is 0 Å². The minimum absolute atomic E-state index is 0.574. The molecule has 2 rings (SSSR count). The van der Waals surface area contributed by atoms with Crippen molar-refractivity contribution in [1.29, 1.82) is 0 Å². The van der Waals surface area contributed by atoms with E-state index in [9.17, 15) is 0 Å². The second-order valence-corrected chi connectivity index (χ2v) is 4.88. The molecule has 1 aromatic carbocycles. The second kappa shape index (κ2) is 5.46. The molecule has 2 N–H and O–H groups in total. The van der Waals surface area contributed by atoms with Gasteiger partial charge in [0.05, 0.1) is 0 Å². The van der Waals surface area contributed by atoms with Gasteiger partial charge in [-0.2, -0.15) is 0 Å². The number of hydrogen-bond donors (Lipinski definition) is 2. The summed E-state index contributed by atoms with van der Waals surface area (Å²) in [5.41, 5.74) is 2.98. The molecule has 1 aliphatic heterocycles. The van der Waals surface area contributed by atoms with Crippen LogP contribution < -0.4 is 10.6 Å². The van der Waals surface area contributed by atoms with Gasteiger partial charge >= 0.3 is 0 Å². The Labute approximate surface area is 98.4 Å². The van der Waals surface area contributed by atoms with E-state index in [1.807, 2.05) is 0 Å². The number of hydrogen-bond acceptors (Lipinski definition) is 2. The van der Waals surface area contributed by atoms with E-state index < -0.39 is 0 Å². The third-order valence-electron chi connectivity index (χ3n) is 3.19. The average molecular weight is 218 g/mol. The Balaban J connectivity index is 1.80. The molecule has 0 aliphatic carbocycles. The zero-order valence-corrected chi connectivity index (χ0v) is 10.3. The molecule has 16 heavy (non-hydrogen) atoms. The third-order valence-corrected chi connectivity index (χ3v) is 3.19. The van der Waals surface area contributed by atoms with Crippen molar-refractivity contribution in [2.45, 2.75) is 45.3 Å². The Morgan fingerprint density at radius 3 is 3.00 bits per heavy atom. The van der Waals surface area contributed by atoms with Crippen molar-refractivity contribution in [2.75, 3.05) is 6.54 Å². The Morgan fingerprint density at radius 2 is 2.19 bits per heavy atom. The summed E-state index contributed by atoms with van der Waals surface area (Å²) in [7, 11) is 0. The molecule has 0 spiro atoms. The number of rotatable bonds is 5. The van der Waals surface area contributed by atoms with Gasteiger partial charge in [0.1, 0.15) is 0 Å². The molecule has 0 saturated heterocycles. The van der Waals surface area contributed by atoms with Crippen molar-refractivity contribution in [3.05, 3.63) is 35.4 Å². The lowest BCUT2D eigenvalue weighted by Crippen LogP contribution is -2.24. The van der Waals surface area contributed by atoms with Crippen LogP contribution in [0.4, 0.5) is 0 Å². The molecule has 88 valence electrons. The maximum atomic E-state index is 3.58. The monoisotopic (exact) mass is 218 g/mol. The van der Waals surface area contributed by atoms with Gasteiger partial charge in [0, 0.05) is 18.6 Å². The van der Waals surface area contributed by atoms with Crippen LogP contribution in [0.15, 0.2) is 24.3 Å². The van der Waals surface area contributed by atoms with Crippen LogP contribution in [-0.4, -0.2) is 12.6 Å². The maximum Gasteiger partial charge on any atom is 0.0326 e. The van der Waals surface area contributed by atoms with E-state index in [1.165, 1.54) is 24.0 Å². The zero-order valence-electron chi connectivity index (χ0n) is 10.3. The lowest BCUT2D eigenvalue weighted by atomic mass is 10.0. The summed E-state index contributed by atoms with van der Waals surface area (Å²) in [5.74, 6) is 0. The topological polar surface area (TPSA) is 24.1 Å². The highest BCUT2D eigenvalue weighted by Crippen LogP contribution is 2.27. The molecular weight excluding hydrogens is 196 g/mol. The van der Waals surface area contributed by atoms with E-state index in [2.05, 4.69) is 48.7 Å². The normalized spacial score (nSPS) is 19.1. The summed E-state index contributed by atoms with van der Waals surface area (Å²) < 4.78 is 0. The zero-order chi connectivity index (χ0) is 11.4. The second-order valence-electron chi connectivity index (χ2n) is 4.88. The van der Waals surface area contributed by atoms with Crippen molar-refractivity contribution in [3.8, 4) is 0 Å². The van der Waals surface area contributed by atoms with E-state index in [1.54, 1.807) is 0 Å². The molecule has 0 aromatic heterocycles. The molecule has 0 amide bonds. The summed E-state index contributed by atoms with van der Waals surface area (Å²) in [6, 6.07) is 9.94. The van der Waals surface area contributed by atoms with Crippen molar-refractivity contribution < 1.29 is 0 Å². The maximum absolute atomic E-state index is 3.58. The predicted molar refractivity (Wildman–Crippen MR) is 68.4 cm³/mol. The molecule has 1 atom stereocenters. The molecule has 1 aromatic rings. The first kappa shape index (κ1) is 11.6. The molecule has 0 fully saturated rings. The Morgan fingerprint density at radius 1 is 1.38 bits per heavy atom. The fraction of sp³-hybridized carbons (Fsp3) is 0.571. The summed E-state index contributed by atoms with van der Waals surface area (Å²) in [6.45, 7) is 6.56. The average Bonchev–Trinajstić information content (AvgIpc) is 2.68. The predicted octanol–water partition coefficient (Wildman–Crippen LogP) is 2.61. The first-order chi connectivity index (χ1) is 7.77. The highest BCUT2D eigenvalue weighted by atomic mass is 14.9. The summed E-state index contributed by atoms with van der Waals surface area (Å²) in [6.07, 6.45) is 2.47. The van der Waals surface area contributed by atoms with Gasteiger partial charge in [0.2, 0.25) is 0 Å². The Hall–Kier alpha value is -0.860. The highest BCUT2D eigenvalue weighted by Gasteiger charge is 2.19. The number of benzene rings is 1. The molecule has 0 saturated carbocycles. The third kappa shape index (κ3) is 2.83. The summed E-state index contributed by atoms with van der Waals surface area (Å²) >= 11 is 0. The molecule has 1 heterocycles. The van der Waals surface area contributed by atoms with Crippen molar-refractivity contribution >= 4 is 0 Å². The Kier molecular flexibility index (Phi) is 3.97. The van der Waals surface area contributed by atoms with Crippen LogP contribution in [0.25, 0.3) is 0 Å². The highest BCUT2D eigenvalue weighted by molar-refractivity contribution is 5.33. The first-order valence-corrected chi connectivity index (χ1v) is 6.32. The fourth-order valence-electron chi connectivity index (χ4n) is 2.33. The summed E-state index contributed by atoms with van der Waals surface area (Å²) in [4.78, 5) is 0. The minimum Gasteiger partial charge on any atom is -0.315 e. The van der Waals surface area contributed by atoms with E-state index >= 15 is 0 Å². The van der Waals surface area contributed by atoms with Gasteiger partial charge in [-0.05, 0) is 30.5 Å². The van der Waals surface area contributed by atoms with Crippen LogP contribution in [0.2, 0.25) is 0 Å². The van der Waals surface area contributed by atoms with Gasteiger partial charge in [-0.3, -0.25) is 0 Å². The van der Waals surface area contributed by atoms with Crippen molar-refractivity contribution in [2.24, 2.45) is 0 Å². The van der Waals surface area contributed by atoms with Gasteiger partial charge in [-0.1, -0.05) is 38.1 Å². The largest absolute Gasteiger partial charge is 0.315 e. The smallest absolute Gasteiger partial charge is 0.0326 e. The van der Waals surface area contributed by atoms with E-state index in [-0.39, 0.29) is 0 Å². The number of nitrogens with one attached hydrogen (secondary N) is 2. The van der Waals surface area contributed by atoms with E-state index in [4.69, 9.17) is 0 Å². The lowest BCUT2D eigenvalue weighted by molar-refractivity contribution is 0.489. The standard InChI is InChI=1S/C14H22N2/c1-11(2)15-9-5-8-14-13-7-4-3-6-12(13)10-16-14/h3-4,6-7,11,14-16H,5,8-10H2,1-2H3. The molecule has 2 heteroatoms. The molecule has 0 bridgehead atoms. The minimum atomic E-state index is 0.574. The molecule has 0 radical (unpaired) electrons. The van der Waals surface area contributed by atoms with Crippen LogP contribution in [0, 0.1) is 0 Å².